The summed E-state index contributed by atoms with van der Waals surface area (Å²) in [5.41, 5.74) is 1.35. The summed E-state index contributed by atoms with van der Waals surface area (Å²) in [4.78, 5) is 17.1. The quantitative estimate of drug-likeness (QED) is 0.719. The smallest absolute Gasteiger partial charge is 0.264 e. The van der Waals surface area contributed by atoms with Crippen LogP contribution in [-0.4, -0.2) is 33.0 Å². The van der Waals surface area contributed by atoms with Crippen LogP contribution in [0.4, 0.5) is 0 Å². The average molecular weight is 427 g/mol. The molecule has 0 saturated heterocycles. The van der Waals surface area contributed by atoms with Crippen LogP contribution < -0.4 is 5.32 Å². The van der Waals surface area contributed by atoms with Gasteiger partial charge in [0.25, 0.3) is 15.9 Å². The van der Waals surface area contributed by atoms with E-state index < -0.39 is 10.0 Å². The van der Waals surface area contributed by atoms with Crippen molar-refractivity contribution < 1.29 is 18.0 Å². The lowest BCUT2D eigenvalue weighted by Gasteiger charge is -2.16. The van der Waals surface area contributed by atoms with Gasteiger partial charge in [-0.3, -0.25) is 9.63 Å². The molecule has 1 N–H and O–H groups in total. The molecule has 0 saturated carbocycles. The highest BCUT2D eigenvalue weighted by molar-refractivity contribution is 9.10. The highest BCUT2D eigenvalue weighted by Crippen LogP contribution is 2.18. The van der Waals surface area contributed by atoms with E-state index in [4.69, 9.17) is 4.84 Å². The summed E-state index contributed by atoms with van der Waals surface area (Å²) < 4.78 is 26.0. The molecule has 0 spiro atoms. The summed E-state index contributed by atoms with van der Waals surface area (Å²) in [5.74, 6) is -0.278. The van der Waals surface area contributed by atoms with Crippen molar-refractivity contribution in [1.82, 2.24) is 9.79 Å². The number of carbonyl (C=O) groups excluding carboxylic acids is 1. The molecule has 0 heterocycles. The Balaban J connectivity index is 2.11. The molecular weight excluding hydrogens is 408 g/mol. The molecule has 1 amide bonds. The maximum atomic E-state index is 12.3. The predicted octanol–water partition coefficient (Wildman–Crippen LogP) is 3.12. The van der Waals surface area contributed by atoms with Crippen LogP contribution in [0.5, 0.6) is 0 Å². The van der Waals surface area contributed by atoms with E-state index in [1.54, 1.807) is 0 Å². The van der Waals surface area contributed by atoms with E-state index in [0.717, 1.165) is 14.5 Å². The maximum absolute atomic E-state index is 12.3. The number of amides is 1. The lowest BCUT2D eigenvalue weighted by atomic mass is 10.1. The van der Waals surface area contributed by atoms with Crippen LogP contribution >= 0.6 is 15.9 Å². The van der Waals surface area contributed by atoms with Crippen LogP contribution in [0, 0.1) is 0 Å². The van der Waals surface area contributed by atoms with Gasteiger partial charge in [0.15, 0.2) is 0 Å². The molecule has 2 rings (SSSR count). The van der Waals surface area contributed by atoms with Crippen LogP contribution in [-0.2, 0) is 14.9 Å². The largest absolute Gasteiger partial charge is 0.346 e. The normalized spacial score (nSPS) is 12.8. The Labute approximate surface area is 155 Å². The first-order valence-corrected chi connectivity index (χ1v) is 9.68. The fraction of sp³-hybridized carbons (Fsp3) is 0.235. The average Bonchev–Trinajstić information content (AvgIpc) is 2.61. The number of halogens is 1. The monoisotopic (exact) mass is 426 g/mol. The number of sulfonamides is 1. The minimum atomic E-state index is -3.73. The van der Waals surface area contributed by atoms with Gasteiger partial charge in [0, 0.05) is 17.1 Å². The molecule has 25 heavy (non-hydrogen) atoms. The first kappa shape index (κ1) is 19.6. The number of rotatable bonds is 6. The first-order valence-electron chi connectivity index (χ1n) is 7.45. The third-order valence-electron chi connectivity index (χ3n) is 3.73. The standard InChI is InChI=1S/C17H19BrN2O4S/c1-12(13-4-8-15(18)9-5-13)19-17(21)14-6-10-16(11-7-14)25(22,23)20(2)24-3/h4-12H,1-3H3,(H,19,21)/t12-/m1/s1. The van der Waals surface area contributed by atoms with Crippen molar-refractivity contribution in [2.24, 2.45) is 0 Å². The van der Waals surface area contributed by atoms with Crippen LogP contribution in [0.15, 0.2) is 57.9 Å². The van der Waals surface area contributed by atoms with Gasteiger partial charge in [-0.05, 0) is 48.9 Å². The Hall–Kier alpha value is -1.74. The number of hydroxylamine groups is 1. The van der Waals surface area contributed by atoms with Gasteiger partial charge in [0.05, 0.1) is 18.0 Å². The third-order valence-corrected chi connectivity index (χ3v) is 5.95. The Morgan fingerprint density at radius 3 is 2.20 bits per heavy atom. The van der Waals surface area contributed by atoms with Gasteiger partial charge in [-0.1, -0.05) is 32.5 Å². The molecule has 0 bridgehead atoms. The summed E-state index contributed by atoms with van der Waals surface area (Å²) in [6.45, 7) is 1.88. The number of hydrogen-bond acceptors (Lipinski definition) is 4. The van der Waals surface area contributed by atoms with Gasteiger partial charge in [-0.2, -0.15) is 0 Å². The van der Waals surface area contributed by atoms with Gasteiger partial charge in [0.2, 0.25) is 0 Å². The van der Waals surface area contributed by atoms with E-state index in [-0.39, 0.29) is 16.8 Å². The topological polar surface area (TPSA) is 75.7 Å². The molecule has 1 atom stereocenters. The molecular formula is C17H19BrN2O4S. The Morgan fingerprint density at radius 1 is 1.12 bits per heavy atom. The highest BCUT2D eigenvalue weighted by Gasteiger charge is 2.21. The number of benzene rings is 2. The predicted molar refractivity (Wildman–Crippen MR) is 98.4 cm³/mol. The summed E-state index contributed by atoms with van der Waals surface area (Å²) in [6.07, 6.45) is 0. The fourth-order valence-electron chi connectivity index (χ4n) is 2.14. The summed E-state index contributed by atoms with van der Waals surface area (Å²) >= 11 is 3.37. The molecule has 0 aromatic heterocycles. The van der Waals surface area contributed by atoms with Crippen LogP contribution in [0.2, 0.25) is 0 Å². The van der Waals surface area contributed by atoms with E-state index in [1.165, 1.54) is 38.4 Å². The first-order chi connectivity index (χ1) is 11.8. The Bertz CT molecular complexity index is 836. The van der Waals surface area contributed by atoms with Gasteiger partial charge in [-0.25, -0.2) is 8.42 Å². The lowest BCUT2D eigenvalue weighted by molar-refractivity contribution is -0.0258. The number of nitrogens with one attached hydrogen (secondary N) is 1. The van der Waals surface area contributed by atoms with Crippen molar-refractivity contribution in [3.63, 3.8) is 0 Å². The van der Waals surface area contributed by atoms with Gasteiger partial charge in [0.1, 0.15) is 0 Å². The van der Waals surface area contributed by atoms with E-state index >= 15 is 0 Å². The van der Waals surface area contributed by atoms with Crippen molar-refractivity contribution in [2.75, 3.05) is 14.2 Å². The van der Waals surface area contributed by atoms with E-state index in [2.05, 4.69) is 21.2 Å². The summed E-state index contributed by atoms with van der Waals surface area (Å²) in [5, 5.41) is 2.89. The van der Waals surface area contributed by atoms with Crippen molar-refractivity contribution in [3.05, 3.63) is 64.1 Å². The zero-order valence-electron chi connectivity index (χ0n) is 14.1. The van der Waals surface area contributed by atoms with E-state index in [9.17, 15) is 13.2 Å². The van der Waals surface area contributed by atoms with Crippen molar-refractivity contribution >= 4 is 31.9 Å². The molecule has 0 aliphatic heterocycles. The molecule has 2 aromatic carbocycles. The zero-order valence-corrected chi connectivity index (χ0v) is 16.5. The Morgan fingerprint density at radius 2 is 1.68 bits per heavy atom. The molecule has 6 nitrogen and oxygen atoms in total. The third kappa shape index (κ3) is 4.66. The zero-order chi connectivity index (χ0) is 18.6. The van der Waals surface area contributed by atoms with Gasteiger partial charge in [-0.15, -0.1) is 0 Å². The molecule has 0 unspecified atom stereocenters. The molecule has 0 aliphatic rings. The highest BCUT2D eigenvalue weighted by atomic mass is 79.9. The number of nitrogens with zero attached hydrogens (tertiary/aromatic N) is 1. The van der Waals surface area contributed by atoms with Crippen molar-refractivity contribution in [3.8, 4) is 0 Å². The molecule has 2 aromatic rings. The second-order valence-corrected chi connectivity index (χ2v) is 8.22. The molecule has 0 radical (unpaired) electrons. The maximum Gasteiger partial charge on any atom is 0.264 e. The van der Waals surface area contributed by atoms with Crippen LogP contribution in [0.3, 0.4) is 0 Å². The number of hydrogen-bond donors (Lipinski definition) is 1. The van der Waals surface area contributed by atoms with E-state index in [0.29, 0.717) is 5.56 Å². The minimum absolute atomic E-state index is 0.0503. The lowest BCUT2D eigenvalue weighted by Crippen LogP contribution is -2.27. The second-order valence-electron chi connectivity index (χ2n) is 5.37. The second kappa shape index (κ2) is 8.09. The molecule has 134 valence electrons. The molecule has 0 aliphatic carbocycles. The van der Waals surface area contributed by atoms with Gasteiger partial charge < -0.3 is 5.32 Å². The minimum Gasteiger partial charge on any atom is -0.346 e. The van der Waals surface area contributed by atoms with Gasteiger partial charge >= 0.3 is 0 Å². The fourth-order valence-corrected chi connectivity index (χ4v) is 3.38. The Kier molecular flexibility index (Phi) is 6.34. The molecule has 8 heteroatoms. The SMILES string of the molecule is CON(C)S(=O)(=O)c1ccc(C(=O)N[C@H](C)c2ccc(Br)cc2)cc1. The van der Waals surface area contributed by atoms with Crippen LogP contribution in [0.1, 0.15) is 28.9 Å². The van der Waals surface area contributed by atoms with Crippen molar-refractivity contribution in [2.45, 2.75) is 17.9 Å². The molecule has 0 fully saturated rings. The van der Waals surface area contributed by atoms with Crippen molar-refractivity contribution in [1.29, 1.82) is 0 Å². The summed E-state index contributed by atoms with van der Waals surface area (Å²) in [6, 6.07) is 13.2. The summed E-state index contributed by atoms with van der Waals surface area (Å²) in [7, 11) is -1.16. The van der Waals surface area contributed by atoms with E-state index in [1.807, 2.05) is 31.2 Å². The van der Waals surface area contributed by atoms with Crippen LogP contribution in [0.25, 0.3) is 0 Å². The number of carbonyl (C=O) groups is 1.